The smallest absolute Gasteiger partial charge is 0.416 e. The number of alkyl halides is 3. The van der Waals surface area contributed by atoms with E-state index in [-0.39, 0.29) is 24.7 Å². The van der Waals surface area contributed by atoms with Crippen molar-refractivity contribution in [2.45, 2.75) is 38.3 Å². The van der Waals surface area contributed by atoms with Gasteiger partial charge in [0.2, 0.25) is 5.91 Å². The Kier molecular flexibility index (Phi) is 5.85. The number of carbonyl (C=O) groups is 2. The van der Waals surface area contributed by atoms with Gasteiger partial charge in [0, 0.05) is 19.5 Å². The first-order chi connectivity index (χ1) is 11.3. The Morgan fingerprint density at radius 1 is 1.21 bits per heavy atom. The first-order valence-corrected chi connectivity index (χ1v) is 7.91. The number of likely N-dealkylation sites (tertiary alicyclic amines) is 1. The molecular formula is C17H20F3NO3. The van der Waals surface area contributed by atoms with Gasteiger partial charge in [0.25, 0.3) is 0 Å². The highest BCUT2D eigenvalue weighted by Crippen LogP contribution is 2.29. The normalized spacial score (nSPS) is 18.5. The summed E-state index contributed by atoms with van der Waals surface area (Å²) in [6.07, 6.45) is -1.97. The molecule has 1 amide bonds. The standard InChI is InChI=1S/C17H20F3NO3/c18-17(19,20)14-6-3-12(4-7-14)10-15(22)21-9-1-2-13(11-21)5-8-16(23)24/h3-4,6-7,13H,1-2,5,8-11H2,(H,23,24)/t13-/m1/s1. The van der Waals surface area contributed by atoms with E-state index in [0.717, 1.165) is 25.0 Å². The summed E-state index contributed by atoms with van der Waals surface area (Å²) in [5, 5.41) is 8.73. The molecule has 0 radical (unpaired) electrons. The molecule has 1 atom stereocenters. The molecule has 4 nitrogen and oxygen atoms in total. The molecular weight excluding hydrogens is 323 g/mol. The van der Waals surface area contributed by atoms with E-state index in [1.54, 1.807) is 4.90 Å². The highest BCUT2D eigenvalue weighted by atomic mass is 19.4. The van der Waals surface area contributed by atoms with E-state index in [2.05, 4.69) is 0 Å². The van der Waals surface area contributed by atoms with Crippen molar-refractivity contribution in [1.82, 2.24) is 4.90 Å². The Morgan fingerprint density at radius 3 is 2.46 bits per heavy atom. The Bertz CT molecular complexity index is 584. The maximum absolute atomic E-state index is 12.5. The molecule has 1 fully saturated rings. The van der Waals surface area contributed by atoms with Crippen molar-refractivity contribution in [3.05, 3.63) is 35.4 Å². The zero-order chi connectivity index (χ0) is 17.7. The Labute approximate surface area is 138 Å². The van der Waals surface area contributed by atoms with Gasteiger partial charge in [-0.05, 0) is 42.9 Å². The lowest BCUT2D eigenvalue weighted by Crippen LogP contribution is -2.40. The number of piperidine rings is 1. The number of rotatable bonds is 5. The maximum atomic E-state index is 12.5. The van der Waals surface area contributed by atoms with Gasteiger partial charge in [0.15, 0.2) is 0 Å². The van der Waals surface area contributed by atoms with Crippen molar-refractivity contribution < 1.29 is 27.9 Å². The lowest BCUT2D eigenvalue weighted by atomic mass is 9.93. The van der Waals surface area contributed by atoms with Crippen LogP contribution in [0.3, 0.4) is 0 Å². The van der Waals surface area contributed by atoms with Gasteiger partial charge in [-0.15, -0.1) is 0 Å². The quantitative estimate of drug-likeness (QED) is 0.892. The Morgan fingerprint density at radius 2 is 1.88 bits per heavy atom. The number of aliphatic carboxylic acids is 1. The van der Waals surface area contributed by atoms with Crippen molar-refractivity contribution in [3.63, 3.8) is 0 Å². The molecule has 24 heavy (non-hydrogen) atoms. The SMILES string of the molecule is O=C(O)CC[C@H]1CCCN(C(=O)Cc2ccc(C(F)(F)F)cc2)C1. The first kappa shape index (κ1) is 18.3. The summed E-state index contributed by atoms with van der Waals surface area (Å²) in [5.74, 6) is -0.801. The summed E-state index contributed by atoms with van der Waals surface area (Å²) in [5.41, 5.74) is -0.189. The second kappa shape index (κ2) is 7.68. The Hall–Kier alpha value is -2.05. The molecule has 1 aromatic carbocycles. The van der Waals surface area contributed by atoms with Gasteiger partial charge >= 0.3 is 12.1 Å². The number of nitrogens with zero attached hydrogens (tertiary/aromatic N) is 1. The molecule has 0 aliphatic carbocycles. The molecule has 1 aromatic rings. The van der Waals surface area contributed by atoms with Gasteiger partial charge in [0.05, 0.1) is 12.0 Å². The van der Waals surface area contributed by atoms with Crippen LogP contribution in [0.2, 0.25) is 0 Å². The van der Waals surface area contributed by atoms with E-state index in [9.17, 15) is 22.8 Å². The molecule has 7 heteroatoms. The van der Waals surface area contributed by atoms with E-state index in [0.29, 0.717) is 25.1 Å². The summed E-state index contributed by atoms with van der Waals surface area (Å²) in [6, 6.07) is 4.61. The summed E-state index contributed by atoms with van der Waals surface area (Å²) >= 11 is 0. The highest BCUT2D eigenvalue weighted by molar-refractivity contribution is 5.79. The van der Waals surface area contributed by atoms with Crippen molar-refractivity contribution in [2.24, 2.45) is 5.92 Å². The zero-order valence-corrected chi connectivity index (χ0v) is 13.2. The minimum atomic E-state index is -4.38. The lowest BCUT2D eigenvalue weighted by molar-refractivity contribution is -0.138. The van der Waals surface area contributed by atoms with E-state index in [1.165, 1.54) is 12.1 Å². The van der Waals surface area contributed by atoms with Gasteiger partial charge < -0.3 is 10.0 Å². The Balaban J connectivity index is 1.90. The summed E-state index contributed by atoms with van der Waals surface area (Å²) in [7, 11) is 0. The highest BCUT2D eigenvalue weighted by Gasteiger charge is 2.30. The number of carbonyl (C=O) groups excluding carboxylic acids is 1. The number of carboxylic acid groups (broad SMARTS) is 1. The molecule has 0 unspecified atom stereocenters. The second-order valence-electron chi connectivity index (χ2n) is 6.15. The molecule has 0 aromatic heterocycles. The molecule has 1 aliphatic heterocycles. The van der Waals surface area contributed by atoms with Crippen LogP contribution in [-0.2, 0) is 22.2 Å². The maximum Gasteiger partial charge on any atom is 0.416 e. The van der Waals surface area contributed by atoms with E-state index in [1.807, 2.05) is 0 Å². The van der Waals surface area contributed by atoms with Crippen LogP contribution in [0.1, 0.15) is 36.8 Å². The number of hydrogen-bond donors (Lipinski definition) is 1. The van der Waals surface area contributed by atoms with Gasteiger partial charge in [-0.2, -0.15) is 13.2 Å². The minimum Gasteiger partial charge on any atom is -0.481 e. The van der Waals surface area contributed by atoms with Crippen LogP contribution in [0.25, 0.3) is 0 Å². The third kappa shape index (κ3) is 5.25. The zero-order valence-electron chi connectivity index (χ0n) is 13.2. The van der Waals surface area contributed by atoms with Crippen molar-refractivity contribution in [3.8, 4) is 0 Å². The lowest BCUT2D eigenvalue weighted by Gasteiger charge is -2.32. The van der Waals surface area contributed by atoms with E-state index in [4.69, 9.17) is 5.11 Å². The molecule has 1 aliphatic rings. The van der Waals surface area contributed by atoms with Gasteiger partial charge in [-0.25, -0.2) is 0 Å². The summed E-state index contributed by atoms with van der Waals surface area (Å²) in [4.78, 5) is 24.6. The van der Waals surface area contributed by atoms with Gasteiger partial charge in [-0.1, -0.05) is 12.1 Å². The fourth-order valence-electron chi connectivity index (χ4n) is 2.95. The first-order valence-electron chi connectivity index (χ1n) is 7.91. The molecule has 132 valence electrons. The molecule has 1 saturated heterocycles. The minimum absolute atomic E-state index is 0.0593. The van der Waals surface area contributed by atoms with Crippen LogP contribution < -0.4 is 0 Å². The molecule has 0 bridgehead atoms. The topological polar surface area (TPSA) is 57.6 Å². The summed E-state index contributed by atoms with van der Waals surface area (Å²) in [6.45, 7) is 1.13. The fraction of sp³-hybridized carbons (Fsp3) is 0.529. The number of hydrogen-bond acceptors (Lipinski definition) is 2. The number of carboxylic acids is 1. The van der Waals surface area contributed by atoms with Crippen LogP contribution in [0.15, 0.2) is 24.3 Å². The number of halogens is 3. The largest absolute Gasteiger partial charge is 0.481 e. The van der Waals surface area contributed by atoms with E-state index < -0.39 is 17.7 Å². The summed E-state index contributed by atoms with van der Waals surface area (Å²) < 4.78 is 37.6. The predicted molar refractivity (Wildman–Crippen MR) is 81.3 cm³/mol. The molecule has 0 spiro atoms. The third-order valence-corrected chi connectivity index (χ3v) is 4.27. The molecule has 0 saturated carbocycles. The van der Waals surface area contributed by atoms with Crippen molar-refractivity contribution in [2.75, 3.05) is 13.1 Å². The van der Waals surface area contributed by atoms with Gasteiger partial charge in [0.1, 0.15) is 0 Å². The average molecular weight is 343 g/mol. The third-order valence-electron chi connectivity index (χ3n) is 4.27. The number of benzene rings is 1. The monoisotopic (exact) mass is 343 g/mol. The fourth-order valence-corrected chi connectivity index (χ4v) is 2.95. The van der Waals surface area contributed by atoms with E-state index >= 15 is 0 Å². The van der Waals surface area contributed by atoms with Crippen molar-refractivity contribution in [1.29, 1.82) is 0 Å². The van der Waals surface area contributed by atoms with Crippen LogP contribution in [-0.4, -0.2) is 35.0 Å². The van der Waals surface area contributed by atoms with Crippen LogP contribution in [0.4, 0.5) is 13.2 Å². The van der Waals surface area contributed by atoms with Crippen LogP contribution in [0, 0.1) is 5.92 Å². The molecule has 1 N–H and O–H groups in total. The van der Waals surface area contributed by atoms with Crippen LogP contribution in [0.5, 0.6) is 0 Å². The van der Waals surface area contributed by atoms with Gasteiger partial charge in [-0.3, -0.25) is 9.59 Å². The predicted octanol–water partition coefficient (Wildman–Crippen LogP) is 3.35. The van der Waals surface area contributed by atoms with Crippen LogP contribution >= 0.6 is 0 Å². The molecule has 1 heterocycles. The second-order valence-corrected chi connectivity index (χ2v) is 6.15. The number of amides is 1. The molecule has 2 rings (SSSR count). The average Bonchev–Trinajstić information content (AvgIpc) is 2.53. The van der Waals surface area contributed by atoms with Crippen molar-refractivity contribution >= 4 is 11.9 Å².